The normalized spacial score (nSPS) is 11.0. The summed E-state index contributed by atoms with van der Waals surface area (Å²) in [4.78, 5) is 13.5. The van der Waals surface area contributed by atoms with Crippen molar-refractivity contribution < 1.29 is 4.74 Å². The maximum Gasteiger partial charge on any atom is 0.251 e. The molecule has 0 saturated carbocycles. The van der Waals surface area contributed by atoms with Gasteiger partial charge in [0.25, 0.3) is 5.56 Å². The lowest BCUT2D eigenvalue weighted by Crippen LogP contribution is -2.15. The van der Waals surface area contributed by atoms with Crippen molar-refractivity contribution in [3.05, 3.63) is 77.1 Å². The van der Waals surface area contributed by atoms with Crippen molar-refractivity contribution >= 4 is 21.6 Å². The summed E-state index contributed by atoms with van der Waals surface area (Å²) in [5.41, 5.74) is 4.14. The molecule has 25 heavy (non-hydrogen) atoms. The van der Waals surface area contributed by atoms with E-state index in [0.717, 1.165) is 37.5 Å². The summed E-state index contributed by atoms with van der Waals surface area (Å²) in [6, 6.07) is 21.9. The van der Waals surface area contributed by atoms with Crippen LogP contribution in [-0.4, -0.2) is 11.7 Å². The highest BCUT2D eigenvalue weighted by Crippen LogP contribution is 2.38. The SMILES string of the molecule is COc1ccc(-c2cc3c(s2)c(-c2ccccc2)cc(=O)n3C)cc1. The molecule has 4 aromatic rings. The molecule has 0 radical (unpaired) electrons. The lowest BCUT2D eigenvalue weighted by Gasteiger charge is -2.06. The van der Waals surface area contributed by atoms with Crippen LogP contribution in [0.2, 0.25) is 0 Å². The molecular weight excluding hydrogens is 330 g/mol. The molecule has 3 nitrogen and oxygen atoms in total. The summed E-state index contributed by atoms with van der Waals surface area (Å²) in [7, 11) is 3.49. The average Bonchev–Trinajstić information content (AvgIpc) is 3.11. The van der Waals surface area contributed by atoms with E-state index in [9.17, 15) is 4.79 Å². The van der Waals surface area contributed by atoms with Crippen molar-refractivity contribution in [1.82, 2.24) is 4.57 Å². The third-order valence-corrected chi connectivity index (χ3v) is 5.58. The van der Waals surface area contributed by atoms with Gasteiger partial charge in [0.2, 0.25) is 0 Å². The molecule has 0 spiro atoms. The van der Waals surface area contributed by atoms with Gasteiger partial charge in [-0.15, -0.1) is 11.3 Å². The van der Waals surface area contributed by atoms with Gasteiger partial charge in [-0.25, -0.2) is 0 Å². The van der Waals surface area contributed by atoms with Crippen LogP contribution in [0.25, 0.3) is 31.8 Å². The van der Waals surface area contributed by atoms with Crippen LogP contribution in [0.15, 0.2) is 71.5 Å². The van der Waals surface area contributed by atoms with E-state index < -0.39 is 0 Å². The zero-order valence-corrected chi connectivity index (χ0v) is 14.8. The molecule has 0 fully saturated rings. The Bertz CT molecular complexity index is 1090. The topological polar surface area (TPSA) is 31.2 Å². The number of pyridine rings is 1. The standard InChI is InChI=1S/C21H17NO2S/c1-22-18-13-19(15-8-10-16(24-2)11-9-15)25-21(18)17(12-20(22)23)14-6-4-3-5-7-14/h3-13H,1-2H3. The quantitative estimate of drug-likeness (QED) is 0.525. The Hall–Kier alpha value is -2.85. The first-order valence-electron chi connectivity index (χ1n) is 8.01. The predicted molar refractivity (Wildman–Crippen MR) is 104 cm³/mol. The van der Waals surface area contributed by atoms with Crippen LogP contribution in [0.1, 0.15) is 0 Å². The largest absolute Gasteiger partial charge is 0.497 e. The number of aryl methyl sites for hydroxylation is 1. The molecule has 0 atom stereocenters. The Morgan fingerprint density at radius 1 is 0.920 bits per heavy atom. The van der Waals surface area contributed by atoms with Crippen LogP contribution < -0.4 is 10.3 Å². The highest BCUT2D eigenvalue weighted by Gasteiger charge is 2.13. The maximum atomic E-state index is 12.4. The first kappa shape index (κ1) is 15.7. The zero-order chi connectivity index (χ0) is 17.4. The molecule has 0 unspecified atom stereocenters. The summed E-state index contributed by atoms with van der Waals surface area (Å²) < 4.78 is 8.07. The maximum absolute atomic E-state index is 12.4. The van der Waals surface area contributed by atoms with Gasteiger partial charge in [-0.05, 0) is 41.5 Å². The van der Waals surface area contributed by atoms with Crippen molar-refractivity contribution in [2.24, 2.45) is 7.05 Å². The zero-order valence-electron chi connectivity index (χ0n) is 14.0. The number of benzene rings is 2. The molecule has 0 aliphatic carbocycles. The fourth-order valence-corrected chi connectivity index (χ4v) is 4.19. The predicted octanol–water partition coefficient (Wildman–Crippen LogP) is 4.94. The minimum Gasteiger partial charge on any atom is -0.497 e. The second kappa shape index (κ2) is 6.22. The molecule has 2 heterocycles. The highest BCUT2D eigenvalue weighted by atomic mass is 32.1. The molecule has 0 N–H and O–H groups in total. The number of fused-ring (bicyclic) bond motifs is 1. The van der Waals surface area contributed by atoms with Gasteiger partial charge in [0, 0.05) is 23.6 Å². The number of hydrogen-bond acceptors (Lipinski definition) is 3. The van der Waals surface area contributed by atoms with Crippen LogP contribution >= 0.6 is 11.3 Å². The van der Waals surface area contributed by atoms with E-state index in [1.54, 1.807) is 29.1 Å². The molecule has 0 amide bonds. The highest BCUT2D eigenvalue weighted by molar-refractivity contribution is 7.22. The Balaban J connectivity index is 1.95. The lowest BCUT2D eigenvalue weighted by atomic mass is 10.1. The van der Waals surface area contributed by atoms with Gasteiger partial charge in [0.05, 0.1) is 17.3 Å². The number of ether oxygens (including phenoxy) is 1. The van der Waals surface area contributed by atoms with Gasteiger partial charge in [-0.3, -0.25) is 4.79 Å². The second-order valence-electron chi connectivity index (χ2n) is 5.87. The van der Waals surface area contributed by atoms with Gasteiger partial charge in [-0.2, -0.15) is 0 Å². The minimum absolute atomic E-state index is 0.00503. The summed E-state index contributed by atoms with van der Waals surface area (Å²) in [5.74, 6) is 0.835. The van der Waals surface area contributed by atoms with E-state index in [-0.39, 0.29) is 5.56 Å². The van der Waals surface area contributed by atoms with Crippen LogP contribution in [0.4, 0.5) is 0 Å². The summed E-state index contributed by atoms with van der Waals surface area (Å²) in [6.07, 6.45) is 0. The van der Waals surface area contributed by atoms with Crippen LogP contribution in [-0.2, 0) is 7.05 Å². The molecule has 124 valence electrons. The minimum atomic E-state index is 0.00503. The average molecular weight is 347 g/mol. The van der Waals surface area contributed by atoms with Crippen LogP contribution in [0, 0.1) is 0 Å². The Kier molecular flexibility index (Phi) is 3.90. The van der Waals surface area contributed by atoms with Crippen molar-refractivity contribution in [2.45, 2.75) is 0 Å². The number of nitrogens with zero attached hydrogens (tertiary/aromatic N) is 1. The monoisotopic (exact) mass is 347 g/mol. The summed E-state index contributed by atoms with van der Waals surface area (Å²) >= 11 is 1.71. The van der Waals surface area contributed by atoms with E-state index in [4.69, 9.17) is 4.74 Å². The van der Waals surface area contributed by atoms with Crippen LogP contribution in [0.5, 0.6) is 5.75 Å². The first-order chi connectivity index (χ1) is 12.2. The van der Waals surface area contributed by atoms with Crippen molar-refractivity contribution in [3.63, 3.8) is 0 Å². The third-order valence-electron chi connectivity index (χ3n) is 4.38. The molecule has 2 aromatic carbocycles. The number of aromatic nitrogens is 1. The van der Waals surface area contributed by atoms with Crippen LogP contribution in [0.3, 0.4) is 0 Å². The number of thiophene rings is 1. The van der Waals surface area contributed by atoms with E-state index in [2.05, 4.69) is 6.07 Å². The number of hydrogen-bond donors (Lipinski definition) is 0. The number of rotatable bonds is 3. The lowest BCUT2D eigenvalue weighted by molar-refractivity contribution is 0.415. The number of methoxy groups -OCH3 is 1. The van der Waals surface area contributed by atoms with E-state index >= 15 is 0 Å². The molecule has 0 aliphatic rings. The fourth-order valence-electron chi connectivity index (χ4n) is 2.96. The summed E-state index contributed by atoms with van der Waals surface area (Å²) in [6.45, 7) is 0. The third kappa shape index (κ3) is 2.75. The molecular formula is C21H17NO2S. The van der Waals surface area contributed by atoms with Gasteiger partial charge < -0.3 is 9.30 Å². The second-order valence-corrected chi connectivity index (χ2v) is 6.93. The van der Waals surface area contributed by atoms with Crippen molar-refractivity contribution in [1.29, 1.82) is 0 Å². The molecule has 0 bridgehead atoms. The Morgan fingerprint density at radius 2 is 1.64 bits per heavy atom. The van der Waals surface area contributed by atoms with Crippen molar-refractivity contribution in [3.8, 4) is 27.3 Å². The van der Waals surface area contributed by atoms with Gasteiger partial charge >= 0.3 is 0 Å². The molecule has 4 rings (SSSR count). The van der Waals surface area contributed by atoms with Gasteiger partial charge in [0.15, 0.2) is 0 Å². The fraction of sp³-hybridized carbons (Fsp3) is 0.0952. The van der Waals surface area contributed by atoms with Gasteiger partial charge in [0.1, 0.15) is 5.75 Å². The van der Waals surface area contributed by atoms with E-state index in [1.807, 2.05) is 61.6 Å². The Labute approximate surface area is 149 Å². The molecule has 2 aromatic heterocycles. The van der Waals surface area contributed by atoms with E-state index in [1.165, 1.54) is 0 Å². The first-order valence-corrected chi connectivity index (χ1v) is 8.82. The van der Waals surface area contributed by atoms with E-state index in [0.29, 0.717) is 0 Å². The molecule has 0 saturated heterocycles. The summed E-state index contributed by atoms with van der Waals surface area (Å²) in [5, 5.41) is 0. The smallest absolute Gasteiger partial charge is 0.251 e. The van der Waals surface area contributed by atoms with Crippen molar-refractivity contribution in [2.75, 3.05) is 7.11 Å². The Morgan fingerprint density at radius 3 is 2.32 bits per heavy atom. The molecule has 4 heteroatoms. The molecule has 0 aliphatic heterocycles. The van der Waals surface area contributed by atoms with Gasteiger partial charge in [-0.1, -0.05) is 30.3 Å².